The van der Waals surface area contributed by atoms with Crippen LogP contribution >= 0.6 is 0 Å². The fraction of sp³-hybridized carbons (Fsp3) is 0.450. The Kier molecular flexibility index (Phi) is 6.48. The highest BCUT2D eigenvalue weighted by atomic mass is 19.1. The molecule has 1 aromatic carbocycles. The van der Waals surface area contributed by atoms with Crippen LogP contribution in [0.2, 0.25) is 0 Å². The van der Waals surface area contributed by atoms with E-state index in [-0.39, 0.29) is 17.6 Å². The highest BCUT2D eigenvalue weighted by Crippen LogP contribution is 2.15. The molecule has 8 nitrogen and oxygen atoms in total. The molecule has 1 saturated heterocycles. The Labute approximate surface area is 169 Å². The topological polar surface area (TPSA) is 81.8 Å². The summed E-state index contributed by atoms with van der Waals surface area (Å²) in [5, 5.41) is 6.68. The molecule has 0 aliphatic carbocycles. The third kappa shape index (κ3) is 4.92. The van der Waals surface area contributed by atoms with Gasteiger partial charge in [0.05, 0.1) is 18.3 Å². The molecule has 1 fully saturated rings. The van der Waals surface area contributed by atoms with E-state index >= 15 is 0 Å². The highest BCUT2D eigenvalue weighted by Gasteiger charge is 2.34. The summed E-state index contributed by atoms with van der Waals surface area (Å²) in [5.74, 6) is 0.0325. The van der Waals surface area contributed by atoms with Crippen molar-refractivity contribution in [2.75, 3.05) is 46.9 Å². The third-order valence-electron chi connectivity index (χ3n) is 5.17. The number of hydrogen-bond acceptors (Lipinski definition) is 5. The first-order valence-corrected chi connectivity index (χ1v) is 9.49. The number of H-pyrrole nitrogens is 1. The van der Waals surface area contributed by atoms with Gasteiger partial charge in [0.15, 0.2) is 0 Å². The summed E-state index contributed by atoms with van der Waals surface area (Å²) in [5.41, 5.74) is 1.24. The molecule has 2 amide bonds. The number of benzene rings is 1. The molecule has 1 aliphatic heterocycles. The Hall–Kier alpha value is -2.94. The summed E-state index contributed by atoms with van der Waals surface area (Å²) in [6.07, 6.45) is 1.52. The summed E-state index contributed by atoms with van der Waals surface area (Å²) in [6, 6.07) is 5.33. The molecule has 0 radical (unpaired) electrons. The zero-order chi connectivity index (χ0) is 21.0. The minimum absolute atomic E-state index is 0.0726. The van der Waals surface area contributed by atoms with Gasteiger partial charge in [-0.25, -0.2) is 4.39 Å². The van der Waals surface area contributed by atoms with Crippen LogP contribution in [0.3, 0.4) is 0 Å². The zero-order valence-electron chi connectivity index (χ0n) is 16.9. The van der Waals surface area contributed by atoms with Gasteiger partial charge in [0.2, 0.25) is 5.91 Å². The molecule has 2 aromatic rings. The number of nitrogens with zero attached hydrogens (tertiary/aromatic N) is 4. The lowest BCUT2D eigenvalue weighted by molar-refractivity contribution is -0.137. The number of rotatable bonds is 6. The summed E-state index contributed by atoms with van der Waals surface area (Å²) in [4.78, 5) is 31.0. The van der Waals surface area contributed by atoms with E-state index in [0.717, 1.165) is 0 Å². The van der Waals surface area contributed by atoms with Crippen molar-refractivity contribution in [3.63, 3.8) is 0 Å². The van der Waals surface area contributed by atoms with Gasteiger partial charge in [-0.3, -0.25) is 19.6 Å². The fourth-order valence-electron chi connectivity index (χ4n) is 3.26. The van der Waals surface area contributed by atoms with E-state index in [1.165, 1.54) is 18.3 Å². The third-order valence-corrected chi connectivity index (χ3v) is 5.17. The summed E-state index contributed by atoms with van der Waals surface area (Å²) in [6.45, 7) is 3.96. The lowest BCUT2D eigenvalue weighted by atomic mass is 10.1. The second-order valence-corrected chi connectivity index (χ2v) is 7.22. The number of ether oxygens (including phenoxy) is 1. The smallest absolute Gasteiger partial charge is 0.257 e. The Balaban J connectivity index is 1.55. The molecule has 0 unspecified atom stereocenters. The lowest BCUT2D eigenvalue weighted by Gasteiger charge is -2.39. The number of likely N-dealkylation sites (N-methyl/N-ethyl adjacent to an activating group) is 2. The number of carbonyl (C=O) groups excluding carboxylic acids is 2. The maximum absolute atomic E-state index is 12.9. The number of piperazine rings is 1. The summed E-state index contributed by atoms with van der Waals surface area (Å²) < 4.78 is 18.5. The van der Waals surface area contributed by atoms with Crippen LogP contribution in [0.4, 0.5) is 4.39 Å². The molecule has 2 heterocycles. The van der Waals surface area contributed by atoms with E-state index in [0.29, 0.717) is 49.8 Å². The SMILES string of the molecule is Cc1[nH]ncc1C(=O)N1CCN(C)[C@H](C(=O)N(C)CCOc2ccc(F)cc2)C1. The largest absolute Gasteiger partial charge is 0.492 e. The van der Waals surface area contributed by atoms with Crippen LogP contribution in [0.1, 0.15) is 16.1 Å². The minimum Gasteiger partial charge on any atom is -0.492 e. The number of amides is 2. The molecule has 1 N–H and O–H groups in total. The minimum atomic E-state index is -0.421. The van der Waals surface area contributed by atoms with Gasteiger partial charge in [0.1, 0.15) is 24.2 Å². The van der Waals surface area contributed by atoms with Crippen molar-refractivity contribution in [2.45, 2.75) is 13.0 Å². The second-order valence-electron chi connectivity index (χ2n) is 7.22. The van der Waals surface area contributed by atoms with Crippen molar-refractivity contribution in [3.05, 3.63) is 47.5 Å². The molecular formula is C20H26FN5O3. The van der Waals surface area contributed by atoms with Gasteiger partial charge in [0, 0.05) is 32.4 Å². The molecule has 3 rings (SSSR count). The Morgan fingerprint density at radius 2 is 2.03 bits per heavy atom. The summed E-state index contributed by atoms with van der Waals surface area (Å²) >= 11 is 0. The van der Waals surface area contributed by atoms with Gasteiger partial charge in [0.25, 0.3) is 5.91 Å². The number of aromatic nitrogens is 2. The van der Waals surface area contributed by atoms with Crippen molar-refractivity contribution >= 4 is 11.8 Å². The maximum atomic E-state index is 12.9. The van der Waals surface area contributed by atoms with Crippen molar-refractivity contribution in [1.82, 2.24) is 24.9 Å². The first-order valence-electron chi connectivity index (χ1n) is 9.49. The molecule has 29 heavy (non-hydrogen) atoms. The molecule has 0 saturated carbocycles. The Morgan fingerprint density at radius 3 is 2.69 bits per heavy atom. The number of hydrogen-bond donors (Lipinski definition) is 1. The number of aromatic amines is 1. The van der Waals surface area contributed by atoms with Gasteiger partial charge in [-0.15, -0.1) is 0 Å². The van der Waals surface area contributed by atoms with Crippen molar-refractivity contribution in [2.24, 2.45) is 0 Å². The molecule has 9 heteroatoms. The van der Waals surface area contributed by atoms with E-state index < -0.39 is 6.04 Å². The maximum Gasteiger partial charge on any atom is 0.257 e. The van der Waals surface area contributed by atoms with E-state index in [4.69, 9.17) is 4.74 Å². The van der Waals surface area contributed by atoms with Crippen LogP contribution < -0.4 is 4.74 Å². The van der Waals surface area contributed by atoms with Gasteiger partial charge in [-0.1, -0.05) is 0 Å². The molecule has 156 valence electrons. The number of nitrogens with one attached hydrogen (secondary N) is 1. The van der Waals surface area contributed by atoms with Gasteiger partial charge in [-0.05, 0) is 38.2 Å². The Morgan fingerprint density at radius 1 is 1.31 bits per heavy atom. The van der Waals surface area contributed by atoms with Crippen molar-refractivity contribution in [3.8, 4) is 5.75 Å². The quantitative estimate of drug-likeness (QED) is 0.783. The number of aryl methyl sites for hydroxylation is 1. The summed E-state index contributed by atoms with van der Waals surface area (Å²) in [7, 11) is 3.60. The normalized spacial score (nSPS) is 17.2. The van der Waals surface area contributed by atoms with E-state index in [1.54, 1.807) is 35.9 Å². The first-order chi connectivity index (χ1) is 13.9. The van der Waals surface area contributed by atoms with Gasteiger partial charge >= 0.3 is 0 Å². The van der Waals surface area contributed by atoms with Crippen LogP contribution in [0, 0.1) is 12.7 Å². The average molecular weight is 403 g/mol. The number of halogens is 1. The molecule has 0 spiro atoms. The standard InChI is InChI=1S/C20H26FN5O3/c1-14-17(12-22-23-14)19(27)26-9-8-24(2)18(13-26)20(28)25(3)10-11-29-16-6-4-15(21)5-7-16/h4-7,12,18H,8-11,13H2,1-3H3,(H,22,23)/t18-/m0/s1. The molecule has 0 bridgehead atoms. The van der Waals surface area contributed by atoms with Crippen LogP contribution in [0.15, 0.2) is 30.5 Å². The van der Waals surface area contributed by atoms with Crippen molar-refractivity contribution < 1.29 is 18.7 Å². The van der Waals surface area contributed by atoms with Crippen molar-refractivity contribution in [1.29, 1.82) is 0 Å². The van der Waals surface area contributed by atoms with E-state index in [1.807, 2.05) is 11.9 Å². The lowest BCUT2D eigenvalue weighted by Crippen LogP contribution is -2.59. The van der Waals surface area contributed by atoms with Gasteiger partial charge in [-0.2, -0.15) is 5.10 Å². The monoisotopic (exact) mass is 403 g/mol. The first kappa shape index (κ1) is 20.8. The van der Waals surface area contributed by atoms with E-state index in [2.05, 4.69) is 10.2 Å². The predicted molar refractivity (Wildman–Crippen MR) is 105 cm³/mol. The van der Waals surface area contributed by atoms with Crippen LogP contribution in [0.25, 0.3) is 0 Å². The van der Waals surface area contributed by atoms with Crippen LogP contribution in [-0.2, 0) is 4.79 Å². The molecule has 1 aromatic heterocycles. The number of carbonyl (C=O) groups is 2. The fourth-order valence-corrected chi connectivity index (χ4v) is 3.26. The molecule has 1 aliphatic rings. The van der Waals surface area contributed by atoms with Crippen LogP contribution in [-0.4, -0.2) is 89.6 Å². The zero-order valence-corrected chi connectivity index (χ0v) is 16.9. The Bertz CT molecular complexity index is 854. The molecule has 1 atom stereocenters. The van der Waals surface area contributed by atoms with Crippen LogP contribution in [0.5, 0.6) is 5.75 Å². The van der Waals surface area contributed by atoms with Gasteiger partial charge < -0.3 is 14.5 Å². The van der Waals surface area contributed by atoms with E-state index in [9.17, 15) is 14.0 Å². The predicted octanol–water partition coefficient (Wildman–Crippen LogP) is 1.15. The highest BCUT2D eigenvalue weighted by molar-refractivity contribution is 5.95. The second kappa shape index (κ2) is 9.04. The average Bonchev–Trinajstić information content (AvgIpc) is 3.14. The molecular weight excluding hydrogens is 377 g/mol.